The van der Waals surface area contributed by atoms with Gasteiger partial charge in [-0.15, -0.1) is 42.5 Å². The molecule has 7 heavy (non-hydrogen) atoms. The third-order valence-corrected chi connectivity index (χ3v) is 0. The molecule has 3 radical (unpaired) electrons. The molecule has 0 saturated heterocycles. The van der Waals surface area contributed by atoms with E-state index in [1.165, 1.54) is 5.28 Å². The van der Waals surface area contributed by atoms with Crippen molar-refractivity contribution in [3.8, 4) is 0 Å². The Morgan fingerprint density at radius 2 is 1.14 bits per heavy atom. The molecule has 0 nitrogen and oxygen atoms in total. The van der Waals surface area contributed by atoms with Crippen LogP contribution in [0.1, 0.15) is 6.92 Å². The first-order valence-electron chi connectivity index (χ1n) is 1.12. The maximum atomic E-state index is 2.58. The van der Waals surface area contributed by atoms with Crippen LogP contribution >= 0.6 is 37.2 Å². The fraction of sp³-hybridized carbons (Fsp3) is 1.00. The van der Waals surface area contributed by atoms with E-state index in [4.69, 9.17) is 0 Å². The van der Waals surface area contributed by atoms with Crippen LogP contribution in [0.4, 0.5) is 0 Å². The molecule has 0 aromatic carbocycles. The molecule has 0 aromatic rings. The van der Waals surface area contributed by atoms with Gasteiger partial charge in [0, 0.05) is 17.1 Å². The molecule has 0 spiro atoms. The molecule has 0 heterocycles. The average Bonchev–Trinajstić information content (AvgIpc) is 0.918. The summed E-state index contributed by atoms with van der Waals surface area (Å²) in [4.78, 5) is 0. The maximum Gasteiger partial charge on any atom is 0.117 e. The van der Waals surface area contributed by atoms with Crippen molar-refractivity contribution in [1.29, 1.82) is 0 Å². The van der Waals surface area contributed by atoms with Gasteiger partial charge in [0.15, 0.2) is 0 Å². The van der Waals surface area contributed by atoms with Crippen LogP contribution in [0.25, 0.3) is 0 Å². The summed E-state index contributed by atoms with van der Waals surface area (Å²) in [5.41, 5.74) is 0. The first-order valence-corrected chi connectivity index (χ1v) is 1.93. The first kappa shape index (κ1) is 36.4. The Labute approximate surface area is 82.3 Å². The summed E-state index contributed by atoms with van der Waals surface area (Å²) in [6.07, 6.45) is 0. The van der Waals surface area contributed by atoms with E-state index in [0.29, 0.717) is 0 Å². The molecule has 0 N–H and O–H groups in total. The molecule has 0 saturated carbocycles. The van der Waals surface area contributed by atoms with Gasteiger partial charge in [0.05, 0.1) is 0 Å². The van der Waals surface area contributed by atoms with Crippen LogP contribution in [0.15, 0.2) is 0 Å². The van der Waals surface area contributed by atoms with Crippen molar-refractivity contribution in [2.75, 3.05) is 0 Å². The van der Waals surface area contributed by atoms with Gasteiger partial charge >= 0.3 is 0 Å². The fourth-order valence-corrected chi connectivity index (χ4v) is 0. The summed E-state index contributed by atoms with van der Waals surface area (Å²) in [5.74, 6) is 0. The van der Waals surface area contributed by atoms with Gasteiger partial charge < -0.3 is 0 Å². The molecule has 0 bridgehead atoms. The van der Waals surface area contributed by atoms with Gasteiger partial charge in [-0.2, -0.15) is 0 Å². The van der Waals surface area contributed by atoms with Crippen molar-refractivity contribution in [3.63, 3.8) is 0 Å². The molecular formula is C2H8AlCl3Cu. The zero-order valence-electron chi connectivity index (χ0n) is 3.81. The van der Waals surface area contributed by atoms with Gasteiger partial charge in [0.25, 0.3) is 0 Å². The quantitative estimate of drug-likeness (QED) is 0.556. The molecule has 0 fully saturated rings. The molecular weight excluding hydrogens is 221 g/mol. The second kappa shape index (κ2) is 44.5. The number of rotatable bonds is 0. The van der Waals surface area contributed by atoms with Crippen LogP contribution in [-0.2, 0) is 17.1 Å². The van der Waals surface area contributed by atoms with E-state index in [2.05, 4.69) is 23.2 Å². The van der Waals surface area contributed by atoms with Crippen LogP contribution in [-0.4, -0.2) is 16.3 Å². The van der Waals surface area contributed by atoms with Crippen LogP contribution in [0.3, 0.4) is 0 Å². The Bertz CT molecular complexity index is 12.9. The zero-order valence-corrected chi connectivity index (χ0v) is 8.36. The third-order valence-electron chi connectivity index (χ3n) is 0. The molecule has 0 amide bonds. The molecule has 5 heteroatoms. The van der Waals surface area contributed by atoms with Crippen molar-refractivity contribution < 1.29 is 17.1 Å². The van der Waals surface area contributed by atoms with E-state index < -0.39 is 0 Å². The van der Waals surface area contributed by atoms with Gasteiger partial charge in [-0.05, 0) is 0 Å². The van der Waals surface area contributed by atoms with Crippen molar-refractivity contribution in [2.45, 2.75) is 12.2 Å². The molecule has 0 atom stereocenters. The van der Waals surface area contributed by atoms with Crippen LogP contribution < -0.4 is 0 Å². The molecule has 51 valence electrons. The number of hydrogen-bond acceptors (Lipinski definition) is 0. The Morgan fingerprint density at radius 1 is 1.14 bits per heavy atom. The van der Waals surface area contributed by atoms with Crippen LogP contribution in [0.2, 0.25) is 5.28 Å². The molecule has 0 aliphatic carbocycles. The molecule has 0 rings (SSSR count). The van der Waals surface area contributed by atoms with Crippen LogP contribution in [0, 0.1) is 0 Å². The van der Waals surface area contributed by atoms with Gasteiger partial charge in [-0.25, -0.2) is 0 Å². The molecule has 0 aliphatic heterocycles. The number of halogens is 3. The summed E-state index contributed by atoms with van der Waals surface area (Å²) in [6, 6.07) is 0. The van der Waals surface area contributed by atoms with Gasteiger partial charge in [-0.1, -0.05) is 6.92 Å². The summed E-state index contributed by atoms with van der Waals surface area (Å²) in [7, 11) is 0. The minimum Gasteiger partial charge on any atom is -0.147 e. The normalized spacial score (nSPS) is 2.43. The maximum absolute atomic E-state index is 2.58. The Kier molecular flexibility index (Phi) is 231. The summed E-state index contributed by atoms with van der Waals surface area (Å²) < 4.78 is 0. The van der Waals surface area contributed by atoms with E-state index in [9.17, 15) is 0 Å². The third kappa shape index (κ3) is 75.2. The first-order chi connectivity index (χ1) is 1.41. The van der Waals surface area contributed by atoms with Crippen molar-refractivity contribution >= 4 is 53.5 Å². The van der Waals surface area contributed by atoms with Gasteiger partial charge in [0.1, 0.15) is 16.3 Å². The van der Waals surface area contributed by atoms with Crippen molar-refractivity contribution in [3.05, 3.63) is 0 Å². The summed E-state index contributed by atoms with van der Waals surface area (Å²) in [6.45, 7) is 2.09. The largest absolute Gasteiger partial charge is 0.147 e. The van der Waals surface area contributed by atoms with Gasteiger partial charge in [0.2, 0.25) is 0 Å². The minimum atomic E-state index is 0. The Morgan fingerprint density at radius 3 is 1.14 bits per heavy atom. The second-order valence-corrected chi connectivity index (χ2v) is 1.22. The predicted molar refractivity (Wildman–Crippen MR) is 38.0 cm³/mol. The number of hydrogen-bond donors (Lipinski definition) is 0. The van der Waals surface area contributed by atoms with Gasteiger partial charge in [-0.3, -0.25) is 0 Å². The zero-order chi connectivity index (χ0) is 2.71. The average molecular weight is 229 g/mol. The summed E-state index contributed by atoms with van der Waals surface area (Å²) >= 11 is 2.58. The summed E-state index contributed by atoms with van der Waals surface area (Å²) in [5, 5.41) is 1.17. The van der Waals surface area contributed by atoms with E-state index in [0.717, 1.165) is 0 Å². The predicted octanol–water partition coefficient (Wildman–Crippen LogP) is 1.86. The van der Waals surface area contributed by atoms with Crippen LogP contribution in [0.5, 0.6) is 0 Å². The topological polar surface area (TPSA) is 0 Å². The standard InChI is InChI=1S/C2H5.Al.3ClH.Cu/c1-2;;;;;/h1H2,2H3;;3*1H;. The van der Waals surface area contributed by atoms with E-state index in [-0.39, 0.29) is 54.3 Å². The van der Waals surface area contributed by atoms with E-state index in [1.54, 1.807) is 0 Å². The second-order valence-electron chi connectivity index (χ2n) is 0.408. The Balaban J connectivity index is -0.00000000333. The SMILES string of the molecule is C[CH2][Al].Cl.Cl.Cl.[Cu]. The minimum absolute atomic E-state index is 0. The molecule has 0 aromatic heterocycles. The smallest absolute Gasteiger partial charge is 0.117 e. The van der Waals surface area contributed by atoms with Crippen molar-refractivity contribution in [1.82, 2.24) is 0 Å². The monoisotopic (exact) mass is 227 g/mol. The fourth-order valence-electron chi connectivity index (χ4n) is 0. The Hall–Kier alpha value is 1.92. The van der Waals surface area contributed by atoms with E-state index in [1.807, 2.05) is 0 Å². The van der Waals surface area contributed by atoms with Crippen molar-refractivity contribution in [2.24, 2.45) is 0 Å². The van der Waals surface area contributed by atoms with E-state index >= 15 is 0 Å². The molecule has 0 unspecified atom stereocenters. The molecule has 0 aliphatic rings.